The highest BCUT2D eigenvalue weighted by molar-refractivity contribution is 14.1. The lowest BCUT2D eigenvalue weighted by atomic mass is 10.2. The number of carbonyl (C=O) groups is 1. The summed E-state index contributed by atoms with van der Waals surface area (Å²) in [6, 6.07) is 11.1. The Bertz CT molecular complexity index is 644. The van der Waals surface area contributed by atoms with E-state index in [1.54, 1.807) is 6.07 Å². The monoisotopic (exact) mass is 592 g/mol. The molecular formula is C13H9I3NO2+. The van der Waals surface area contributed by atoms with Gasteiger partial charge in [-0.05, 0) is 86.0 Å². The van der Waals surface area contributed by atoms with Gasteiger partial charge in [-0.25, -0.2) is 4.79 Å². The number of hydrogen-bond donors (Lipinski definition) is 1. The van der Waals surface area contributed by atoms with E-state index < -0.39 is 0 Å². The molecule has 0 aliphatic rings. The van der Waals surface area contributed by atoms with Gasteiger partial charge >= 0.3 is 5.97 Å². The summed E-state index contributed by atoms with van der Waals surface area (Å²) in [6.45, 7) is 0. The first-order valence-electron chi connectivity index (χ1n) is 5.27. The molecule has 0 unspecified atom stereocenters. The van der Waals surface area contributed by atoms with Gasteiger partial charge in [0.2, 0.25) is 0 Å². The van der Waals surface area contributed by atoms with Crippen molar-refractivity contribution in [1.29, 1.82) is 0 Å². The first-order chi connectivity index (χ1) is 9.00. The Kier molecular flexibility index (Phi) is 5.43. The number of rotatable bonds is 2. The van der Waals surface area contributed by atoms with E-state index in [-0.39, 0.29) is 5.97 Å². The van der Waals surface area contributed by atoms with Crippen molar-refractivity contribution in [2.24, 2.45) is 0 Å². The summed E-state index contributed by atoms with van der Waals surface area (Å²) in [6.07, 6.45) is 0. The number of halogens is 3. The number of carbonyl (C=O) groups excluding carboxylic acids is 1. The Morgan fingerprint density at radius 2 is 1.63 bits per heavy atom. The lowest BCUT2D eigenvalue weighted by Gasteiger charge is -2.09. The average molecular weight is 592 g/mol. The van der Waals surface area contributed by atoms with Gasteiger partial charge in [0, 0.05) is 16.8 Å². The Labute approximate surface area is 151 Å². The molecule has 0 aliphatic heterocycles. The van der Waals surface area contributed by atoms with E-state index in [9.17, 15) is 4.79 Å². The maximum absolute atomic E-state index is 12.3. The first-order valence-corrected chi connectivity index (χ1v) is 8.51. The number of para-hydroxylation sites is 1. The summed E-state index contributed by atoms with van der Waals surface area (Å²) in [4.78, 5) is 12.3. The fourth-order valence-corrected chi connectivity index (χ4v) is 3.79. The van der Waals surface area contributed by atoms with E-state index in [1.165, 1.54) is 0 Å². The minimum atomic E-state index is -0.344. The van der Waals surface area contributed by atoms with Gasteiger partial charge in [0.05, 0.1) is 5.56 Å². The SMILES string of the molecule is [NH3+]c1ccccc1OC(=O)c1c(I)ccc(I)c1I. The van der Waals surface area contributed by atoms with Crippen LogP contribution in [0.15, 0.2) is 36.4 Å². The predicted molar refractivity (Wildman–Crippen MR) is 98.5 cm³/mol. The van der Waals surface area contributed by atoms with Crippen LogP contribution in [0.3, 0.4) is 0 Å². The van der Waals surface area contributed by atoms with Crippen LogP contribution in [0.1, 0.15) is 10.4 Å². The summed E-state index contributed by atoms with van der Waals surface area (Å²) in [5.74, 6) is 0.154. The molecule has 0 saturated heterocycles. The maximum Gasteiger partial charge on any atom is 0.345 e. The zero-order valence-electron chi connectivity index (χ0n) is 9.62. The minimum absolute atomic E-state index is 0.344. The molecule has 0 aromatic heterocycles. The molecule has 3 N–H and O–H groups in total. The molecule has 19 heavy (non-hydrogen) atoms. The molecule has 0 spiro atoms. The smallest absolute Gasteiger partial charge is 0.345 e. The van der Waals surface area contributed by atoms with E-state index in [4.69, 9.17) is 4.74 Å². The third kappa shape index (κ3) is 3.58. The number of hydrogen-bond acceptors (Lipinski definition) is 2. The first kappa shape index (κ1) is 15.4. The molecule has 0 bridgehead atoms. The van der Waals surface area contributed by atoms with E-state index in [0.29, 0.717) is 17.0 Å². The topological polar surface area (TPSA) is 53.9 Å². The second-order valence-electron chi connectivity index (χ2n) is 3.72. The Balaban J connectivity index is 2.36. The molecule has 3 nitrogen and oxygen atoms in total. The van der Waals surface area contributed by atoms with Crippen molar-refractivity contribution in [3.05, 3.63) is 52.7 Å². The second kappa shape index (κ2) is 6.68. The van der Waals surface area contributed by atoms with E-state index in [0.717, 1.165) is 10.7 Å². The molecule has 0 atom stereocenters. The summed E-state index contributed by atoms with van der Waals surface area (Å²) in [5.41, 5.74) is 5.16. The van der Waals surface area contributed by atoms with Crippen molar-refractivity contribution < 1.29 is 15.3 Å². The van der Waals surface area contributed by atoms with E-state index in [1.807, 2.05) is 30.3 Å². The Morgan fingerprint density at radius 1 is 1.00 bits per heavy atom. The largest absolute Gasteiger partial charge is 0.416 e. The number of quaternary nitrogens is 1. The van der Waals surface area contributed by atoms with Crippen LogP contribution in [0.25, 0.3) is 0 Å². The molecule has 0 fully saturated rings. The van der Waals surface area contributed by atoms with Gasteiger partial charge in [0.1, 0.15) is 0 Å². The molecule has 0 aliphatic carbocycles. The van der Waals surface area contributed by atoms with E-state index in [2.05, 4.69) is 73.5 Å². The highest BCUT2D eigenvalue weighted by atomic mass is 127. The van der Waals surface area contributed by atoms with Crippen LogP contribution in [-0.2, 0) is 0 Å². The van der Waals surface area contributed by atoms with Gasteiger partial charge in [0.25, 0.3) is 0 Å². The van der Waals surface area contributed by atoms with Crippen molar-refractivity contribution in [1.82, 2.24) is 0 Å². The van der Waals surface area contributed by atoms with E-state index >= 15 is 0 Å². The van der Waals surface area contributed by atoms with Crippen molar-refractivity contribution in [2.75, 3.05) is 0 Å². The number of benzene rings is 2. The van der Waals surface area contributed by atoms with Crippen LogP contribution in [0.5, 0.6) is 5.75 Å². The standard InChI is InChI=1S/C13H8I3NO2/c14-7-5-6-8(15)12(16)11(7)13(18)19-10-4-2-1-3-9(10)17/h1-6H,17H2/p+1. The Morgan fingerprint density at radius 3 is 2.32 bits per heavy atom. The van der Waals surface area contributed by atoms with Crippen molar-refractivity contribution >= 4 is 79.4 Å². The maximum atomic E-state index is 12.3. The highest BCUT2D eigenvalue weighted by Crippen LogP contribution is 2.27. The van der Waals surface area contributed by atoms with Crippen LogP contribution >= 0.6 is 67.8 Å². The highest BCUT2D eigenvalue weighted by Gasteiger charge is 2.19. The van der Waals surface area contributed by atoms with Crippen LogP contribution in [0, 0.1) is 10.7 Å². The molecule has 6 heteroatoms. The lowest BCUT2D eigenvalue weighted by Crippen LogP contribution is -2.40. The summed E-state index contributed by atoms with van der Waals surface area (Å²) in [5, 5.41) is 0. The minimum Gasteiger partial charge on any atom is -0.416 e. The fraction of sp³-hybridized carbons (Fsp3) is 0. The lowest BCUT2D eigenvalue weighted by molar-refractivity contribution is -0.256. The Hall–Kier alpha value is 0.0600. The summed E-state index contributed by atoms with van der Waals surface area (Å²) < 4.78 is 8.27. The molecule has 2 aromatic carbocycles. The van der Waals surface area contributed by atoms with Crippen molar-refractivity contribution in [2.45, 2.75) is 0 Å². The predicted octanol–water partition coefficient (Wildman–Crippen LogP) is 3.59. The van der Waals surface area contributed by atoms with Gasteiger partial charge in [-0.2, -0.15) is 0 Å². The normalized spacial score (nSPS) is 10.3. The van der Waals surface area contributed by atoms with Gasteiger partial charge in [-0.1, -0.05) is 12.1 Å². The molecule has 2 aromatic rings. The van der Waals surface area contributed by atoms with Gasteiger partial charge in [-0.3, -0.25) is 0 Å². The molecular weight excluding hydrogens is 583 g/mol. The van der Waals surface area contributed by atoms with Gasteiger partial charge < -0.3 is 10.5 Å². The van der Waals surface area contributed by atoms with Crippen LogP contribution < -0.4 is 10.5 Å². The molecule has 2 rings (SSSR count). The molecule has 98 valence electrons. The van der Waals surface area contributed by atoms with Crippen molar-refractivity contribution in [3.8, 4) is 5.75 Å². The molecule has 0 radical (unpaired) electrons. The fourth-order valence-electron chi connectivity index (χ4n) is 1.47. The van der Waals surface area contributed by atoms with Crippen LogP contribution in [0.4, 0.5) is 5.69 Å². The average Bonchev–Trinajstić information content (AvgIpc) is 2.37. The quantitative estimate of drug-likeness (QED) is 0.251. The third-order valence-corrected chi connectivity index (χ3v) is 6.37. The zero-order chi connectivity index (χ0) is 14.0. The summed E-state index contributed by atoms with van der Waals surface area (Å²) in [7, 11) is 0. The zero-order valence-corrected chi connectivity index (χ0v) is 16.1. The van der Waals surface area contributed by atoms with Crippen LogP contribution in [0.2, 0.25) is 0 Å². The van der Waals surface area contributed by atoms with Crippen molar-refractivity contribution in [3.63, 3.8) is 0 Å². The second-order valence-corrected chi connectivity index (χ2v) is 7.12. The molecule has 0 saturated carbocycles. The number of esters is 1. The van der Waals surface area contributed by atoms with Gasteiger partial charge in [0.15, 0.2) is 11.4 Å². The molecule has 0 heterocycles. The summed E-state index contributed by atoms with van der Waals surface area (Å²) >= 11 is 6.52. The van der Waals surface area contributed by atoms with Crippen LogP contribution in [-0.4, -0.2) is 5.97 Å². The third-order valence-electron chi connectivity index (χ3n) is 2.42. The van der Waals surface area contributed by atoms with Gasteiger partial charge in [-0.15, -0.1) is 0 Å². The molecule has 0 amide bonds. The number of ether oxygens (including phenoxy) is 1.